The van der Waals surface area contributed by atoms with Crippen LogP contribution in [-0.4, -0.2) is 24.8 Å². The lowest BCUT2D eigenvalue weighted by Gasteiger charge is -2.18. The van der Waals surface area contributed by atoms with Crippen molar-refractivity contribution in [2.45, 2.75) is 19.1 Å². The minimum atomic E-state index is -0.818. The molecule has 0 saturated carbocycles. The Kier molecular flexibility index (Phi) is 6.46. The van der Waals surface area contributed by atoms with Crippen molar-refractivity contribution in [3.63, 3.8) is 0 Å². The zero-order valence-electron chi connectivity index (χ0n) is 13.6. The standard InChI is InChI=1S/C18H21ClN2O3/c1-12(15-8-3-4-9-16(15)19)21-18(23)20-11-17(22)13-6-5-7-14(10-13)24-2/h3-10,12,17,22H,11H2,1-2H3,(H2,20,21,23). The van der Waals surface area contributed by atoms with Crippen LogP contribution < -0.4 is 15.4 Å². The van der Waals surface area contributed by atoms with Crippen LogP contribution in [0.3, 0.4) is 0 Å². The molecule has 2 atom stereocenters. The van der Waals surface area contributed by atoms with Gasteiger partial charge in [0, 0.05) is 11.6 Å². The van der Waals surface area contributed by atoms with Crippen LogP contribution in [0.2, 0.25) is 5.02 Å². The number of methoxy groups -OCH3 is 1. The normalized spacial score (nSPS) is 13.0. The van der Waals surface area contributed by atoms with Gasteiger partial charge in [-0.15, -0.1) is 0 Å². The number of hydrogen-bond donors (Lipinski definition) is 3. The van der Waals surface area contributed by atoms with Crippen LogP contribution in [-0.2, 0) is 0 Å². The van der Waals surface area contributed by atoms with Crippen LogP contribution in [0.1, 0.15) is 30.2 Å². The Morgan fingerprint density at radius 1 is 1.25 bits per heavy atom. The molecule has 0 aromatic heterocycles. The summed E-state index contributed by atoms with van der Waals surface area (Å²) in [5, 5.41) is 16.2. The Balaban J connectivity index is 1.87. The zero-order valence-corrected chi connectivity index (χ0v) is 14.4. The summed E-state index contributed by atoms with van der Waals surface area (Å²) in [6.45, 7) is 1.94. The fraction of sp³-hybridized carbons (Fsp3) is 0.278. The van der Waals surface area contributed by atoms with Gasteiger partial charge in [-0.2, -0.15) is 0 Å². The predicted octanol–water partition coefficient (Wildman–Crippen LogP) is 3.44. The molecule has 3 N–H and O–H groups in total. The van der Waals surface area contributed by atoms with E-state index >= 15 is 0 Å². The first-order valence-electron chi connectivity index (χ1n) is 7.62. The number of amides is 2. The maximum absolute atomic E-state index is 12.0. The number of ether oxygens (including phenoxy) is 1. The predicted molar refractivity (Wildman–Crippen MR) is 94.4 cm³/mol. The summed E-state index contributed by atoms with van der Waals surface area (Å²) < 4.78 is 5.12. The maximum atomic E-state index is 12.0. The van der Waals surface area contributed by atoms with Crippen molar-refractivity contribution in [2.75, 3.05) is 13.7 Å². The molecule has 0 fully saturated rings. The Hall–Kier alpha value is -2.24. The van der Waals surface area contributed by atoms with E-state index in [4.69, 9.17) is 16.3 Å². The summed E-state index contributed by atoms with van der Waals surface area (Å²) in [4.78, 5) is 12.0. The smallest absolute Gasteiger partial charge is 0.315 e. The molecule has 5 nitrogen and oxygen atoms in total. The van der Waals surface area contributed by atoms with E-state index in [-0.39, 0.29) is 18.6 Å². The van der Waals surface area contributed by atoms with Gasteiger partial charge in [0.1, 0.15) is 5.75 Å². The van der Waals surface area contributed by atoms with Crippen LogP contribution in [0.15, 0.2) is 48.5 Å². The summed E-state index contributed by atoms with van der Waals surface area (Å²) in [7, 11) is 1.56. The lowest BCUT2D eigenvalue weighted by Crippen LogP contribution is -2.39. The molecule has 24 heavy (non-hydrogen) atoms. The second-order valence-electron chi connectivity index (χ2n) is 5.39. The summed E-state index contributed by atoms with van der Waals surface area (Å²) >= 11 is 6.12. The van der Waals surface area contributed by atoms with Crippen molar-refractivity contribution in [1.29, 1.82) is 0 Å². The summed E-state index contributed by atoms with van der Waals surface area (Å²) in [5.41, 5.74) is 1.51. The number of nitrogens with one attached hydrogen (secondary N) is 2. The molecule has 2 unspecified atom stereocenters. The number of hydrogen-bond acceptors (Lipinski definition) is 3. The third-order valence-corrected chi connectivity index (χ3v) is 4.00. The molecule has 128 valence electrons. The number of aliphatic hydroxyl groups excluding tert-OH is 1. The van der Waals surface area contributed by atoms with Crippen molar-refractivity contribution in [2.24, 2.45) is 0 Å². The van der Waals surface area contributed by atoms with E-state index in [0.29, 0.717) is 16.3 Å². The monoisotopic (exact) mass is 348 g/mol. The van der Waals surface area contributed by atoms with Gasteiger partial charge in [-0.25, -0.2) is 4.79 Å². The van der Waals surface area contributed by atoms with Crippen molar-refractivity contribution in [3.8, 4) is 5.75 Å². The SMILES string of the molecule is COc1cccc(C(O)CNC(=O)NC(C)c2ccccc2Cl)c1. The van der Waals surface area contributed by atoms with E-state index in [0.717, 1.165) is 5.56 Å². The van der Waals surface area contributed by atoms with Crippen LogP contribution >= 0.6 is 11.6 Å². The largest absolute Gasteiger partial charge is 0.497 e. The van der Waals surface area contributed by atoms with Gasteiger partial charge in [-0.3, -0.25) is 0 Å². The van der Waals surface area contributed by atoms with Gasteiger partial charge in [-0.1, -0.05) is 41.9 Å². The van der Waals surface area contributed by atoms with Crippen molar-refractivity contribution >= 4 is 17.6 Å². The van der Waals surface area contributed by atoms with Crippen LogP contribution in [0, 0.1) is 0 Å². The van der Waals surface area contributed by atoms with Gasteiger partial charge < -0.3 is 20.5 Å². The van der Waals surface area contributed by atoms with E-state index in [9.17, 15) is 9.90 Å². The first-order chi connectivity index (χ1) is 11.5. The highest BCUT2D eigenvalue weighted by Gasteiger charge is 2.14. The molecule has 0 aliphatic carbocycles. The number of rotatable bonds is 6. The molecular formula is C18H21ClN2O3. The quantitative estimate of drug-likeness (QED) is 0.748. The molecular weight excluding hydrogens is 328 g/mol. The first-order valence-corrected chi connectivity index (χ1v) is 8.00. The number of carbonyl (C=O) groups excluding carboxylic acids is 1. The van der Waals surface area contributed by atoms with Gasteiger partial charge in [0.15, 0.2) is 0 Å². The third-order valence-electron chi connectivity index (χ3n) is 3.65. The highest BCUT2D eigenvalue weighted by molar-refractivity contribution is 6.31. The molecule has 0 bridgehead atoms. The topological polar surface area (TPSA) is 70.6 Å². The van der Waals surface area contributed by atoms with Crippen LogP contribution in [0.4, 0.5) is 4.79 Å². The molecule has 0 aliphatic rings. The number of urea groups is 1. The van der Waals surface area contributed by atoms with E-state index in [1.807, 2.05) is 25.1 Å². The van der Waals surface area contributed by atoms with Gasteiger partial charge in [-0.05, 0) is 36.2 Å². The van der Waals surface area contributed by atoms with Gasteiger partial charge >= 0.3 is 6.03 Å². The van der Waals surface area contributed by atoms with E-state index < -0.39 is 6.10 Å². The van der Waals surface area contributed by atoms with E-state index in [1.54, 1.807) is 37.4 Å². The molecule has 0 spiro atoms. The minimum Gasteiger partial charge on any atom is -0.497 e. The molecule has 0 aliphatic heterocycles. The average Bonchev–Trinajstić information content (AvgIpc) is 2.60. The van der Waals surface area contributed by atoms with Crippen LogP contribution in [0.25, 0.3) is 0 Å². The van der Waals surface area contributed by atoms with Crippen LogP contribution in [0.5, 0.6) is 5.75 Å². The lowest BCUT2D eigenvalue weighted by atomic mass is 10.1. The zero-order chi connectivity index (χ0) is 17.5. The Bertz CT molecular complexity index is 693. The molecule has 0 heterocycles. The van der Waals surface area contributed by atoms with Gasteiger partial charge in [0.2, 0.25) is 0 Å². The molecule has 0 saturated heterocycles. The molecule has 2 aromatic carbocycles. The fourth-order valence-corrected chi connectivity index (χ4v) is 2.61. The highest BCUT2D eigenvalue weighted by Crippen LogP contribution is 2.22. The van der Waals surface area contributed by atoms with E-state index in [2.05, 4.69) is 10.6 Å². The summed E-state index contributed by atoms with van der Waals surface area (Å²) in [6.07, 6.45) is -0.818. The molecule has 6 heteroatoms. The van der Waals surface area contributed by atoms with Crippen molar-refractivity contribution in [1.82, 2.24) is 10.6 Å². The van der Waals surface area contributed by atoms with Gasteiger partial charge in [0.25, 0.3) is 0 Å². The average molecular weight is 349 g/mol. The molecule has 0 radical (unpaired) electrons. The third kappa shape index (κ3) is 4.88. The highest BCUT2D eigenvalue weighted by atomic mass is 35.5. The van der Waals surface area contributed by atoms with E-state index in [1.165, 1.54) is 0 Å². The fourth-order valence-electron chi connectivity index (χ4n) is 2.31. The number of halogens is 1. The summed E-state index contributed by atoms with van der Waals surface area (Å²) in [5.74, 6) is 0.656. The number of carbonyl (C=O) groups is 1. The first kappa shape index (κ1) is 18.1. The number of aliphatic hydroxyl groups is 1. The Morgan fingerprint density at radius 2 is 2.00 bits per heavy atom. The van der Waals surface area contributed by atoms with Gasteiger partial charge in [0.05, 0.1) is 19.3 Å². The second-order valence-corrected chi connectivity index (χ2v) is 5.80. The molecule has 2 amide bonds. The lowest BCUT2D eigenvalue weighted by molar-refractivity contribution is 0.172. The Morgan fingerprint density at radius 3 is 2.71 bits per heavy atom. The second kappa shape index (κ2) is 8.57. The molecule has 2 rings (SSSR count). The molecule has 2 aromatic rings. The van der Waals surface area contributed by atoms with Crippen molar-refractivity contribution < 1.29 is 14.6 Å². The maximum Gasteiger partial charge on any atom is 0.315 e. The van der Waals surface area contributed by atoms with Crippen molar-refractivity contribution in [3.05, 3.63) is 64.7 Å². The Labute approximate surface area is 146 Å². The minimum absolute atomic E-state index is 0.0915. The summed E-state index contributed by atoms with van der Waals surface area (Å²) in [6, 6.07) is 13.8. The number of benzene rings is 2.